The molecule has 0 aliphatic heterocycles. The predicted molar refractivity (Wildman–Crippen MR) is 131 cm³/mol. The van der Waals surface area contributed by atoms with Gasteiger partial charge < -0.3 is 9.47 Å². The van der Waals surface area contributed by atoms with E-state index in [-0.39, 0.29) is 17.2 Å². The van der Waals surface area contributed by atoms with Gasteiger partial charge in [-0.1, -0.05) is 90.2 Å². The largest absolute Gasteiger partial charge is 0.462 e. The molecule has 1 aromatic rings. The Morgan fingerprint density at radius 3 is 1.97 bits per heavy atom. The van der Waals surface area contributed by atoms with E-state index in [0.29, 0.717) is 19.4 Å². The molecule has 4 heteroatoms. The molecule has 0 aliphatic carbocycles. The number of rotatable bonds is 16. The maximum atomic E-state index is 12.7. The molecule has 0 fully saturated rings. The molecule has 0 N–H and O–H groups in total. The minimum atomic E-state index is -0.496. The molecule has 0 heterocycles. The van der Waals surface area contributed by atoms with Gasteiger partial charge in [-0.2, -0.15) is 0 Å². The smallest absolute Gasteiger partial charge is 0.339 e. The van der Waals surface area contributed by atoms with E-state index >= 15 is 0 Å². The van der Waals surface area contributed by atoms with E-state index in [0.717, 1.165) is 25.7 Å². The Labute approximate surface area is 195 Å². The molecule has 1 unspecified atom stereocenters. The van der Waals surface area contributed by atoms with E-state index in [2.05, 4.69) is 25.7 Å². The number of hydrogen-bond acceptors (Lipinski definition) is 4. The summed E-state index contributed by atoms with van der Waals surface area (Å²) >= 11 is 0. The lowest BCUT2D eigenvalue weighted by molar-refractivity contribution is 0.0293. The van der Waals surface area contributed by atoms with Crippen LogP contribution in [0.25, 0.3) is 0 Å². The summed E-state index contributed by atoms with van der Waals surface area (Å²) in [7, 11) is 0. The predicted octanol–water partition coefficient (Wildman–Crippen LogP) is 7.50. The summed E-state index contributed by atoms with van der Waals surface area (Å²) in [5, 5.41) is 0. The summed E-state index contributed by atoms with van der Waals surface area (Å²) in [5.41, 5.74) is 0.518. The number of benzene rings is 1. The van der Waals surface area contributed by atoms with Crippen LogP contribution in [-0.2, 0) is 9.47 Å². The summed E-state index contributed by atoms with van der Waals surface area (Å²) in [4.78, 5) is 25.2. The maximum absolute atomic E-state index is 12.7. The molecule has 0 radical (unpaired) electrons. The van der Waals surface area contributed by atoms with E-state index in [1.807, 2.05) is 6.92 Å². The van der Waals surface area contributed by atoms with Gasteiger partial charge in [0.2, 0.25) is 0 Å². The van der Waals surface area contributed by atoms with Gasteiger partial charge in [-0.05, 0) is 31.4 Å². The Morgan fingerprint density at radius 2 is 1.38 bits per heavy atom. The van der Waals surface area contributed by atoms with Crippen molar-refractivity contribution in [1.82, 2.24) is 0 Å². The Hall–Kier alpha value is -2.28. The lowest BCUT2D eigenvalue weighted by Crippen LogP contribution is -2.20. The molecule has 0 aromatic heterocycles. The monoisotopic (exact) mass is 442 g/mol. The molecule has 0 amide bonds. The van der Waals surface area contributed by atoms with Crippen LogP contribution in [0.3, 0.4) is 0 Å². The Morgan fingerprint density at radius 1 is 0.781 bits per heavy atom. The van der Waals surface area contributed by atoms with E-state index in [9.17, 15) is 9.59 Å². The second kappa shape index (κ2) is 18.3. The summed E-state index contributed by atoms with van der Waals surface area (Å²) in [5.74, 6) is 5.19. The Balaban J connectivity index is 2.44. The molecular formula is C28H42O4. The highest BCUT2D eigenvalue weighted by atomic mass is 16.5. The minimum absolute atomic E-state index is 0.254. The third-order valence-electron chi connectivity index (χ3n) is 5.41. The molecule has 0 saturated heterocycles. The van der Waals surface area contributed by atoms with E-state index < -0.39 is 11.9 Å². The van der Waals surface area contributed by atoms with Crippen LogP contribution in [0.1, 0.15) is 125 Å². The number of hydrogen-bond donors (Lipinski definition) is 0. The van der Waals surface area contributed by atoms with E-state index in [4.69, 9.17) is 9.47 Å². The van der Waals surface area contributed by atoms with Crippen LogP contribution in [0.4, 0.5) is 0 Å². The normalized spacial score (nSPS) is 11.3. The first-order valence-corrected chi connectivity index (χ1v) is 12.6. The van der Waals surface area contributed by atoms with Crippen LogP contribution in [0.5, 0.6) is 0 Å². The summed E-state index contributed by atoms with van der Waals surface area (Å²) < 4.78 is 11.0. The zero-order valence-electron chi connectivity index (χ0n) is 20.4. The van der Waals surface area contributed by atoms with Crippen LogP contribution in [-0.4, -0.2) is 24.6 Å². The van der Waals surface area contributed by atoms with Crippen LogP contribution in [0, 0.1) is 11.8 Å². The van der Waals surface area contributed by atoms with Gasteiger partial charge in [0.05, 0.1) is 17.7 Å². The van der Waals surface area contributed by atoms with Gasteiger partial charge in [-0.15, -0.1) is 5.92 Å². The zero-order chi connectivity index (χ0) is 23.4. The molecule has 4 nitrogen and oxygen atoms in total. The lowest BCUT2D eigenvalue weighted by Gasteiger charge is -2.15. The first kappa shape index (κ1) is 27.8. The number of carbonyl (C=O) groups is 2. The van der Waals surface area contributed by atoms with Crippen molar-refractivity contribution in [2.45, 2.75) is 110 Å². The topological polar surface area (TPSA) is 52.6 Å². The fourth-order valence-corrected chi connectivity index (χ4v) is 3.38. The number of esters is 2. The minimum Gasteiger partial charge on any atom is -0.462 e. The van der Waals surface area contributed by atoms with E-state index in [1.165, 1.54) is 44.9 Å². The second-order valence-electron chi connectivity index (χ2n) is 8.25. The average molecular weight is 443 g/mol. The highest BCUT2D eigenvalue weighted by Gasteiger charge is 2.21. The molecule has 178 valence electrons. The molecule has 1 rings (SSSR count). The van der Waals surface area contributed by atoms with Crippen molar-refractivity contribution >= 4 is 11.9 Å². The maximum Gasteiger partial charge on any atom is 0.339 e. The number of ether oxygens (including phenoxy) is 2. The molecule has 1 aromatic carbocycles. The van der Waals surface area contributed by atoms with Gasteiger partial charge >= 0.3 is 11.9 Å². The van der Waals surface area contributed by atoms with Crippen LogP contribution in [0.15, 0.2) is 24.3 Å². The number of carbonyl (C=O) groups excluding carboxylic acids is 2. The highest BCUT2D eigenvalue weighted by molar-refractivity contribution is 6.03. The van der Waals surface area contributed by atoms with Gasteiger partial charge in [0.1, 0.15) is 6.10 Å². The van der Waals surface area contributed by atoms with Gasteiger partial charge in [-0.25, -0.2) is 9.59 Å². The van der Waals surface area contributed by atoms with Crippen molar-refractivity contribution in [2.75, 3.05) is 6.61 Å². The van der Waals surface area contributed by atoms with Crippen molar-refractivity contribution in [3.63, 3.8) is 0 Å². The van der Waals surface area contributed by atoms with Crippen molar-refractivity contribution in [1.29, 1.82) is 0 Å². The van der Waals surface area contributed by atoms with Crippen LogP contribution >= 0.6 is 0 Å². The highest BCUT2D eigenvalue weighted by Crippen LogP contribution is 2.16. The zero-order valence-corrected chi connectivity index (χ0v) is 20.4. The van der Waals surface area contributed by atoms with E-state index in [1.54, 1.807) is 24.3 Å². The second-order valence-corrected chi connectivity index (χ2v) is 8.25. The average Bonchev–Trinajstić information content (AvgIpc) is 2.82. The fourth-order valence-electron chi connectivity index (χ4n) is 3.38. The van der Waals surface area contributed by atoms with Gasteiger partial charge in [0, 0.05) is 12.8 Å². The number of unbranched alkanes of at least 4 members (excludes halogenated alkanes) is 9. The third kappa shape index (κ3) is 11.9. The first-order chi connectivity index (χ1) is 15.6. The molecule has 0 saturated carbocycles. The van der Waals surface area contributed by atoms with Crippen molar-refractivity contribution < 1.29 is 19.1 Å². The molecule has 0 aliphatic rings. The van der Waals surface area contributed by atoms with Gasteiger partial charge in [-0.3, -0.25) is 0 Å². The standard InChI is InChI=1S/C28H42O4/c1-4-7-9-11-12-13-14-15-19-23-31-27(29)25-21-17-18-22-26(25)28(30)32-24(6-3)20-16-10-8-5-2/h17-18,21-22,24H,4-9,11-15,19-20,23H2,1-3H3. The quantitative estimate of drug-likeness (QED) is 0.151. The molecular weight excluding hydrogens is 400 g/mol. The first-order valence-electron chi connectivity index (χ1n) is 12.6. The van der Waals surface area contributed by atoms with Crippen molar-refractivity contribution in [3.8, 4) is 11.8 Å². The van der Waals surface area contributed by atoms with Gasteiger partial charge in [0.15, 0.2) is 0 Å². The van der Waals surface area contributed by atoms with Crippen LogP contribution < -0.4 is 0 Å². The molecule has 1 atom stereocenters. The summed E-state index contributed by atoms with van der Waals surface area (Å²) in [6, 6.07) is 6.71. The van der Waals surface area contributed by atoms with Crippen molar-refractivity contribution in [3.05, 3.63) is 35.4 Å². The third-order valence-corrected chi connectivity index (χ3v) is 5.41. The van der Waals surface area contributed by atoms with Crippen LogP contribution in [0.2, 0.25) is 0 Å². The van der Waals surface area contributed by atoms with Gasteiger partial charge in [0.25, 0.3) is 0 Å². The molecule has 0 bridgehead atoms. The van der Waals surface area contributed by atoms with Crippen molar-refractivity contribution in [2.24, 2.45) is 0 Å². The summed E-state index contributed by atoms with van der Waals surface area (Å²) in [6.07, 6.45) is 13.6. The Kier molecular flexibility index (Phi) is 15.9. The lowest BCUT2D eigenvalue weighted by atomic mass is 10.1. The summed E-state index contributed by atoms with van der Waals surface area (Å²) in [6.45, 7) is 6.65. The SMILES string of the molecule is CCCC#CCC(CC)OC(=O)c1ccccc1C(=O)OCCCCCCCCCCC. The Bertz CT molecular complexity index is 714. The molecule has 0 spiro atoms. The molecule has 32 heavy (non-hydrogen) atoms. The fraction of sp³-hybridized carbons (Fsp3) is 0.643.